The van der Waals surface area contributed by atoms with Crippen molar-refractivity contribution in [1.82, 2.24) is 9.97 Å². The highest BCUT2D eigenvalue weighted by molar-refractivity contribution is 9.10. The summed E-state index contributed by atoms with van der Waals surface area (Å²) >= 11 is 3.31. The molecule has 1 unspecified atom stereocenters. The van der Waals surface area contributed by atoms with E-state index in [1.807, 2.05) is 0 Å². The summed E-state index contributed by atoms with van der Waals surface area (Å²) in [5, 5.41) is 0. The molecule has 3 nitrogen and oxygen atoms in total. The standard InChI is InChI=1S/C8H10BrN3/c1-6-2-3-12(6)8-10-4-7(9)5-11-8/h4-6H,2-3H2,1H3. The Balaban J connectivity index is 2.18. The van der Waals surface area contributed by atoms with Crippen LogP contribution in [-0.2, 0) is 0 Å². The van der Waals surface area contributed by atoms with Gasteiger partial charge in [-0.15, -0.1) is 0 Å². The van der Waals surface area contributed by atoms with E-state index in [4.69, 9.17) is 0 Å². The molecule has 1 fully saturated rings. The zero-order valence-corrected chi connectivity index (χ0v) is 8.45. The summed E-state index contributed by atoms with van der Waals surface area (Å²) in [5.74, 6) is 0.844. The monoisotopic (exact) mass is 227 g/mol. The minimum atomic E-state index is 0.603. The van der Waals surface area contributed by atoms with E-state index in [2.05, 4.69) is 37.7 Å². The molecule has 1 aromatic heterocycles. The predicted molar refractivity (Wildman–Crippen MR) is 51.2 cm³/mol. The van der Waals surface area contributed by atoms with Gasteiger partial charge in [-0.05, 0) is 29.3 Å². The van der Waals surface area contributed by atoms with Gasteiger partial charge in [0, 0.05) is 25.0 Å². The Morgan fingerprint density at radius 2 is 2.17 bits per heavy atom. The maximum Gasteiger partial charge on any atom is 0.225 e. The van der Waals surface area contributed by atoms with Gasteiger partial charge in [-0.1, -0.05) is 0 Å². The van der Waals surface area contributed by atoms with Crippen molar-refractivity contribution in [2.75, 3.05) is 11.4 Å². The lowest BCUT2D eigenvalue weighted by atomic mass is 10.1. The van der Waals surface area contributed by atoms with Crippen LogP contribution >= 0.6 is 15.9 Å². The Labute approximate surface area is 80.0 Å². The molecule has 0 radical (unpaired) electrons. The maximum atomic E-state index is 4.22. The number of halogens is 1. The largest absolute Gasteiger partial charge is 0.338 e. The van der Waals surface area contributed by atoms with E-state index < -0.39 is 0 Å². The van der Waals surface area contributed by atoms with Crippen molar-refractivity contribution in [3.05, 3.63) is 16.9 Å². The van der Waals surface area contributed by atoms with Gasteiger partial charge in [-0.2, -0.15) is 0 Å². The maximum absolute atomic E-state index is 4.22. The van der Waals surface area contributed by atoms with Crippen LogP contribution in [0.3, 0.4) is 0 Å². The molecule has 12 heavy (non-hydrogen) atoms. The highest BCUT2D eigenvalue weighted by atomic mass is 79.9. The third kappa shape index (κ3) is 1.31. The van der Waals surface area contributed by atoms with Crippen LogP contribution in [0, 0.1) is 0 Å². The fourth-order valence-corrected chi connectivity index (χ4v) is 1.47. The molecule has 1 aromatic rings. The molecule has 0 aromatic carbocycles. The van der Waals surface area contributed by atoms with Crippen LogP contribution in [0.5, 0.6) is 0 Å². The van der Waals surface area contributed by atoms with Gasteiger partial charge >= 0.3 is 0 Å². The van der Waals surface area contributed by atoms with Gasteiger partial charge in [0.25, 0.3) is 0 Å². The van der Waals surface area contributed by atoms with Crippen molar-refractivity contribution >= 4 is 21.9 Å². The molecule has 0 spiro atoms. The van der Waals surface area contributed by atoms with E-state index in [0.717, 1.165) is 17.0 Å². The van der Waals surface area contributed by atoms with Gasteiger partial charge in [0.05, 0.1) is 4.47 Å². The molecule has 0 amide bonds. The Bertz CT molecular complexity index is 272. The number of rotatable bonds is 1. The minimum Gasteiger partial charge on any atom is -0.338 e. The highest BCUT2D eigenvalue weighted by Gasteiger charge is 2.25. The van der Waals surface area contributed by atoms with Crippen molar-refractivity contribution in [2.24, 2.45) is 0 Å². The van der Waals surface area contributed by atoms with Crippen molar-refractivity contribution in [2.45, 2.75) is 19.4 Å². The Morgan fingerprint density at radius 1 is 1.50 bits per heavy atom. The number of nitrogens with zero attached hydrogens (tertiary/aromatic N) is 3. The van der Waals surface area contributed by atoms with Crippen molar-refractivity contribution < 1.29 is 0 Å². The number of aromatic nitrogens is 2. The lowest BCUT2D eigenvalue weighted by molar-refractivity contribution is 0.470. The van der Waals surface area contributed by atoms with Crippen LogP contribution in [-0.4, -0.2) is 22.6 Å². The smallest absolute Gasteiger partial charge is 0.225 e. The fourth-order valence-electron chi connectivity index (χ4n) is 1.27. The summed E-state index contributed by atoms with van der Waals surface area (Å²) in [5.41, 5.74) is 0. The van der Waals surface area contributed by atoms with E-state index in [1.165, 1.54) is 6.42 Å². The van der Waals surface area contributed by atoms with Gasteiger partial charge in [0.1, 0.15) is 0 Å². The first-order valence-electron chi connectivity index (χ1n) is 4.01. The van der Waals surface area contributed by atoms with Gasteiger partial charge in [0.2, 0.25) is 5.95 Å². The zero-order valence-electron chi connectivity index (χ0n) is 6.87. The molecule has 64 valence electrons. The molecule has 1 aliphatic heterocycles. The second-order valence-corrected chi connectivity index (χ2v) is 3.95. The van der Waals surface area contributed by atoms with E-state index in [-0.39, 0.29) is 0 Å². The molecule has 2 rings (SSSR count). The summed E-state index contributed by atoms with van der Waals surface area (Å²) in [6, 6.07) is 0.603. The molecule has 0 N–H and O–H groups in total. The molecule has 0 saturated carbocycles. The van der Waals surface area contributed by atoms with Gasteiger partial charge in [0.15, 0.2) is 0 Å². The molecule has 1 atom stereocenters. The molecule has 1 saturated heterocycles. The second-order valence-electron chi connectivity index (χ2n) is 3.03. The molecule has 0 aliphatic carbocycles. The Hall–Kier alpha value is -0.640. The quantitative estimate of drug-likeness (QED) is 0.734. The normalized spacial score (nSPS) is 22.2. The average molecular weight is 228 g/mol. The van der Waals surface area contributed by atoms with Crippen LogP contribution in [0.2, 0.25) is 0 Å². The Morgan fingerprint density at radius 3 is 2.58 bits per heavy atom. The average Bonchev–Trinajstić information content (AvgIpc) is 2.06. The summed E-state index contributed by atoms with van der Waals surface area (Å²) in [6.45, 7) is 3.28. The molecule has 1 aliphatic rings. The summed E-state index contributed by atoms with van der Waals surface area (Å²) < 4.78 is 0.930. The van der Waals surface area contributed by atoms with Gasteiger partial charge < -0.3 is 4.90 Å². The zero-order chi connectivity index (χ0) is 8.55. The van der Waals surface area contributed by atoms with Crippen LogP contribution in [0.25, 0.3) is 0 Å². The number of hydrogen-bond acceptors (Lipinski definition) is 3. The SMILES string of the molecule is CC1CCN1c1ncc(Br)cn1. The minimum absolute atomic E-state index is 0.603. The second kappa shape index (κ2) is 3.01. The van der Waals surface area contributed by atoms with E-state index >= 15 is 0 Å². The van der Waals surface area contributed by atoms with Gasteiger partial charge in [-0.25, -0.2) is 9.97 Å². The van der Waals surface area contributed by atoms with Crippen LogP contribution in [0.15, 0.2) is 16.9 Å². The van der Waals surface area contributed by atoms with Gasteiger partial charge in [-0.3, -0.25) is 0 Å². The molecule has 4 heteroatoms. The van der Waals surface area contributed by atoms with Crippen LogP contribution < -0.4 is 4.90 Å². The summed E-state index contributed by atoms with van der Waals surface area (Å²) in [4.78, 5) is 10.6. The fraction of sp³-hybridized carbons (Fsp3) is 0.500. The Kier molecular flexibility index (Phi) is 2.00. The third-order valence-electron chi connectivity index (χ3n) is 2.18. The summed E-state index contributed by atoms with van der Waals surface area (Å²) in [7, 11) is 0. The lowest BCUT2D eigenvalue weighted by Gasteiger charge is -2.38. The van der Waals surface area contributed by atoms with Crippen molar-refractivity contribution in [1.29, 1.82) is 0 Å². The first-order valence-corrected chi connectivity index (χ1v) is 4.81. The van der Waals surface area contributed by atoms with Crippen LogP contribution in [0.4, 0.5) is 5.95 Å². The van der Waals surface area contributed by atoms with E-state index in [0.29, 0.717) is 6.04 Å². The molecular formula is C8H10BrN3. The van der Waals surface area contributed by atoms with Crippen LogP contribution in [0.1, 0.15) is 13.3 Å². The lowest BCUT2D eigenvalue weighted by Crippen LogP contribution is -2.46. The first-order chi connectivity index (χ1) is 5.77. The highest BCUT2D eigenvalue weighted by Crippen LogP contribution is 2.22. The summed E-state index contributed by atoms with van der Waals surface area (Å²) in [6.07, 6.45) is 4.82. The predicted octanol–water partition coefficient (Wildman–Crippen LogP) is 1.84. The number of hydrogen-bond donors (Lipinski definition) is 0. The third-order valence-corrected chi connectivity index (χ3v) is 2.59. The molecule has 0 bridgehead atoms. The van der Waals surface area contributed by atoms with Crippen molar-refractivity contribution in [3.63, 3.8) is 0 Å². The molecular weight excluding hydrogens is 218 g/mol. The van der Waals surface area contributed by atoms with E-state index in [1.54, 1.807) is 12.4 Å². The van der Waals surface area contributed by atoms with E-state index in [9.17, 15) is 0 Å². The first kappa shape index (κ1) is 7.98. The number of anilines is 1. The molecule has 2 heterocycles. The topological polar surface area (TPSA) is 29.0 Å². The van der Waals surface area contributed by atoms with Crippen molar-refractivity contribution in [3.8, 4) is 0 Å².